The molecule has 158 valence electrons. The van der Waals surface area contributed by atoms with E-state index in [0.717, 1.165) is 33.6 Å². The zero-order valence-corrected chi connectivity index (χ0v) is 18.2. The molecule has 1 aromatic carbocycles. The maximum absolute atomic E-state index is 12.6. The van der Waals surface area contributed by atoms with Crippen molar-refractivity contribution in [3.05, 3.63) is 63.0 Å². The lowest BCUT2D eigenvalue weighted by molar-refractivity contribution is -0.122. The smallest absolute Gasteiger partial charge is 0.293 e. The highest BCUT2D eigenvalue weighted by Crippen LogP contribution is 2.32. The molecule has 9 nitrogen and oxygen atoms in total. The second kappa shape index (κ2) is 8.48. The number of benzene rings is 1. The average molecular weight is 457 g/mol. The third-order valence-corrected chi connectivity index (χ3v) is 5.64. The number of nitrogens with zero attached hydrogens (tertiary/aromatic N) is 5. The molecule has 0 unspecified atom stereocenters. The Labute approximate surface area is 186 Å². The summed E-state index contributed by atoms with van der Waals surface area (Å²) < 4.78 is 1.49. The number of hydrogen-bond donors (Lipinski definition) is 1. The van der Waals surface area contributed by atoms with E-state index < -0.39 is 11.8 Å². The van der Waals surface area contributed by atoms with Crippen LogP contribution in [0.25, 0.3) is 11.9 Å². The van der Waals surface area contributed by atoms with Crippen molar-refractivity contribution >= 4 is 52.3 Å². The Morgan fingerprint density at radius 1 is 1.19 bits per heavy atom. The maximum Gasteiger partial charge on any atom is 0.293 e. The molecule has 0 saturated carbocycles. The van der Waals surface area contributed by atoms with Crippen molar-refractivity contribution in [2.45, 2.75) is 13.8 Å². The second-order valence-electron chi connectivity index (χ2n) is 6.83. The first-order chi connectivity index (χ1) is 14.8. The Kier molecular flexibility index (Phi) is 5.75. The lowest BCUT2D eigenvalue weighted by Gasteiger charge is -2.12. The standard InChI is InChI=1S/C20H17ClN6O3S/c1-11-9-12(2)27-19(23-11)24-16(25-27)17(28)22-7-8-26-18(29)15(31-20(26)30)10-13-3-5-14(21)6-4-13/h3-6,9-10H,7-8H2,1-2H3,(H,22,28)/b15-10-. The first-order valence-corrected chi connectivity index (χ1v) is 10.5. The number of hydrogen-bond acceptors (Lipinski definition) is 7. The van der Waals surface area contributed by atoms with Crippen LogP contribution in [0.4, 0.5) is 4.79 Å². The van der Waals surface area contributed by atoms with E-state index in [9.17, 15) is 14.4 Å². The van der Waals surface area contributed by atoms with Crippen LogP contribution in [0.3, 0.4) is 0 Å². The van der Waals surface area contributed by atoms with Crippen LogP contribution in [0.2, 0.25) is 5.02 Å². The minimum atomic E-state index is -0.508. The molecule has 3 heterocycles. The average Bonchev–Trinajstić information content (AvgIpc) is 3.26. The molecule has 0 atom stereocenters. The van der Waals surface area contributed by atoms with Crippen LogP contribution in [0.1, 0.15) is 27.6 Å². The van der Waals surface area contributed by atoms with Gasteiger partial charge in [-0.05, 0) is 55.4 Å². The van der Waals surface area contributed by atoms with Gasteiger partial charge in [0.25, 0.3) is 22.8 Å². The summed E-state index contributed by atoms with van der Waals surface area (Å²) in [5.74, 6) is -0.606. The minimum Gasteiger partial charge on any atom is -0.347 e. The number of amides is 3. The molecule has 0 spiro atoms. The van der Waals surface area contributed by atoms with Crippen molar-refractivity contribution < 1.29 is 14.4 Å². The van der Waals surface area contributed by atoms with Gasteiger partial charge in [-0.2, -0.15) is 4.98 Å². The number of aryl methyl sites for hydroxylation is 2. The van der Waals surface area contributed by atoms with Crippen LogP contribution in [-0.2, 0) is 4.79 Å². The van der Waals surface area contributed by atoms with Gasteiger partial charge in [0.15, 0.2) is 0 Å². The Hall–Kier alpha value is -3.24. The molecule has 1 N–H and O–H groups in total. The Balaban J connectivity index is 1.38. The number of imide groups is 1. The molecule has 3 aromatic rings. The van der Waals surface area contributed by atoms with E-state index in [2.05, 4.69) is 20.4 Å². The monoisotopic (exact) mass is 456 g/mol. The van der Waals surface area contributed by atoms with Gasteiger partial charge in [-0.15, -0.1) is 5.10 Å². The molecule has 1 fully saturated rings. The van der Waals surface area contributed by atoms with Gasteiger partial charge in [0.05, 0.1) is 4.91 Å². The minimum absolute atomic E-state index is 0.0297. The fourth-order valence-electron chi connectivity index (χ4n) is 3.03. The molecule has 1 aliphatic heterocycles. The maximum atomic E-state index is 12.6. The van der Waals surface area contributed by atoms with Gasteiger partial charge < -0.3 is 5.32 Å². The van der Waals surface area contributed by atoms with E-state index >= 15 is 0 Å². The van der Waals surface area contributed by atoms with Crippen LogP contribution >= 0.6 is 23.4 Å². The van der Waals surface area contributed by atoms with E-state index in [0.29, 0.717) is 15.7 Å². The Morgan fingerprint density at radius 3 is 2.68 bits per heavy atom. The molecule has 1 aliphatic rings. The Morgan fingerprint density at radius 2 is 1.94 bits per heavy atom. The number of thioether (sulfide) groups is 1. The lowest BCUT2D eigenvalue weighted by Crippen LogP contribution is -2.37. The number of aromatic nitrogens is 4. The predicted octanol–water partition coefficient (Wildman–Crippen LogP) is 2.86. The number of carbonyl (C=O) groups excluding carboxylic acids is 3. The van der Waals surface area contributed by atoms with E-state index in [4.69, 9.17) is 11.6 Å². The third-order valence-electron chi connectivity index (χ3n) is 4.48. The molecule has 0 radical (unpaired) electrons. The predicted molar refractivity (Wildman–Crippen MR) is 117 cm³/mol. The summed E-state index contributed by atoms with van der Waals surface area (Å²) in [6.45, 7) is 3.79. The first kappa shape index (κ1) is 21.0. The van der Waals surface area contributed by atoms with Gasteiger partial charge in [0, 0.05) is 29.5 Å². The highest BCUT2D eigenvalue weighted by atomic mass is 35.5. The quantitative estimate of drug-likeness (QED) is 0.588. The van der Waals surface area contributed by atoms with E-state index in [1.54, 1.807) is 30.3 Å². The summed E-state index contributed by atoms with van der Waals surface area (Å²) in [6, 6.07) is 8.77. The van der Waals surface area contributed by atoms with E-state index in [-0.39, 0.29) is 24.2 Å². The van der Waals surface area contributed by atoms with Crippen LogP contribution in [0.15, 0.2) is 35.2 Å². The van der Waals surface area contributed by atoms with E-state index in [1.165, 1.54) is 4.52 Å². The summed E-state index contributed by atoms with van der Waals surface area (Å²) >= 11 is 6.72. The molecule has 11 heteroatoms. The summed E-state index contributed by atoms with van der Waals surface area (Å²) in [4.78, 5) is 47.0. The second-order valence-corrected chi connectivity index (χ2v) is 8.26. The van der Waals surface area contributed by atoms with Crippen LogP contribution in [-0.4, -0.2) is 54.6 Å². The van der Waals surface area contributed by atoms with Gasteiger partial charge in [-0.3, -0.25) is 19.3 Å². The third kappa shape index (κ3) is 4.44. The summed E-state index contributed by atoms with van der Waals surface area (Å²) in [5, 5.41) is 6.99. The molecule has 1 saturated heterocycles. The highest BCUT2D eigenvalue weighted by Gasteiger charge is 2.34. The fraction of sp³-hybridized carbons (Fsp3) is 0.200. The van der Waals surface area contributed by atoms with Crippen LogP contribution < -0.4 is 5.32 Å². The molecular formula is C20H17ClN6O3S. The molecule has 3 amide bonds. The molecule has 2 aromatic heterocycles. The van der Waals surface area contributed by atoms with E-state index in [1.807, 2.05) is 19.9 Å². The van der Waals surface area contributed by atoms with Crippen LogP contribution in [0, 0.1) is 13.8 Å². The van der Waals surface area contributed by atoms with Gasteiger partial charge in [0.2, 0.25) is 5.82 Å². The van der Waals surface area contributed by atoms with Crippen LogP contribution in [0.5, 0.6) is 0 Å². The van der Waals surface area contributed by atoms with Gasteiger partial charge >= 0.3 is 0 Å². The fourth-order valence-corrected chi connectivity index (χ4v) is 4.02. The van der Waals surface area contributed by atoms with Crippen molar-refractivity contribution in [2.75, 3.05) is 13.1 Å². The number of halogens is 1. The summed E-state index contributed by atoms with van der Waals surface area (Å²) in [6.07, 6.45) is 1.64. The van der Waals surface area contributed by atoms with Crippen molar-refractivity contribution in [1.82, 2.24) is 29.8 Å². The molecule has 0 bridgehead atoms. The first-order valence-electron chi connectivity index (χ1n) is 9.32. The highest BCUT2D eigenvalue weighted by molar-refractivity contribution is 8.18. The molecule has 0 aliphatic carbocycles. The normalized spacial score (nSPS) is 15.3. The van der Waals surface area contributed by atoms with Crippen molar-refractivity contribution in [3.63, 3.8) is 0 Å². The van der Waals surface area contributed by atoms with Gasteiger partial charge in [0.1, 0.15) is 0 Å². The zero-order chi connectivity index (χ0) is 22.1. The van der Waals surface area contributed by atoms with Crippen molar-refractivity contribution in [1.29, 1.82) is 0 Å². The number of fused-ring (bicyclic) bond motifs is 1. The van der Waals surface area contributed by atoms with Crippen molar-refractivity contribution in [3.8, 4) is 0 Å². The zero-order valence-electron chi connectivity index (χ0n) is 16.6. The largest absolute Gasteiger partial charge is 0.347 e. The van der Waals surface area contributed by atoms with Gasteiger partial charge in [-0.25, -0.2) is 9.50 Å². The summed E-state index contributed by atoms with van der Waals surface area (Å²) in [5.41, 5.74) is 2.34. The molecule has 4 rings (SSSR count). The SMILES string of the molecule is Cc1cc(C)n2nc(C(=O)NCCN3C(=O)S/C(=C\c4ccc(Cl)cc4)C3=O)nc2n1. The topological polar surface area (TPSA) is 110 Å². The Bertz CT molecular complexity index is 1240. The lowest BCUT2D eigenvalue weighted by atomic mass is 10.2. The van der Waals surface area contributed by atoms with Gasteiger partial charge in [-0.1, -0.05) is 23.7 Å². The number of nitrogens with one attached hydrogen (secondary N) is 1. The molecular weight excluding hydrogens is 440 g/mol. The van der Waals surface area contributed by atoms with Crippen molar-refractivity contribution in [2.24, 2.45) is 0 Å². The molecule has 31 heavy (non-hydrogen) atoms. The number of rotatable bonds is 5. The number of carbonyl (C=O) groups is 3. The summed E-state index contributed by atoms with van der Waals surface area (Å²) in [7, 11) is 0.